The molecule has 172 valence electrons. The van der Waals surface area contributed by atoms with Crippen LogP contribution < -0.4 is 23.8 Å². The Kier molecular flexibility index (Phi) is 8.71. The Morgan fingerprint density at radius 2 is 1.00 bits per heavy atom. The molecule has 0 amide bonds. The number of carbonyl (C=O) groups excluding carboxylic acids is 2. The van der Waals surface area contributed by atoms with Crippen LogP contribution in [-0.2, 0) is 9.59 Å². The van der Waals surface area contributed by atoms with Crippen molar-refractivity contribution in [1.29, 1.82) is 0 Å². The van der Waals surface area contributed by atoms with Crippen molar-refractivity contribution in [2.45, 2.75) is 13.8 Å². The largest absolute Gasteiger partial charge is 0.492 e. The second-order valence-corrected chi connectivity index (χ2v) is 7.15. The van der Waals surface area contributed by atoms with Gasteiger partial charge in [-0.3, -0.25) is 9.59 Å². The van der Waals surface area contributed by atoms with E-state index >= 15 is 0 Å². The first-order chi connectivity index (χ1) is 16.0. The van der Waals surface area contributed by atoms with E-state index in [0.29, 0.717) is 49.3 Å². The van der Waals surface area contributed by atoms with Gasteiger partial charge in [-0.15, -0.1) is 0 Å². The minimum atomic E-state index is -0.357. The van der Waals surface area contributed by atoms with Gasteiger partial charge < -0.3 is 23.8 Å². The van der Waals surface area contributed by atoms with Gasteiger partial charge in [0.15, 0.2) is 0 Å². The van der Waals surface area contributed by atoms with Gasteiger partial charge in [0, 0.05) is 19.5 Å². The Labute approximate surface area is 193 Å². The van der Waals surface area contributed by atoms with E-state index < -0.39 is 0 Å². The van der Waals surface area contributed by atoms with E-state index in [-0.39, 0.29) is 11.9 Å². The van der Waals surface area contributed by atoms with Crippen LogP contribution in [0.3, 0.4) is 0 Å². The number of rotatable bonds is 11. The van der Waals surface area contributed by atoms with Gasteiger partial charge in [0.2, 0.25) is 0 Å². The fourth-order valence-corrected chi connectivity index (χ4v) is 3.10. The first kappa shape index (κ1) is 23.7. The molecule has 0 atom stereocenters. The Bertz CT molecular complexity index is 953. The Morgan fingerprint density at radius 1 is 0.606 bits per heavy atom. The molecule has 0 bridgehead atoms. The molecule has 0 radical (unpaired) electrons. The average Bonchev–Trinajstić information content (AvgIpc) is 2.80. The summed E-state index contributed by atoms with van der Waals surface area (Å²) in [6.07, 6.45) is 0. The molecule has 3 rings (SSSR count). The van der Waals surface area contributed by atoms with E-state index in [1.54, 1.807) is 48.5 Å². The maximum atomic E-state index is 11.0. The summed E-state index contributed by atoms with van der Waals surface area (Å²) in [6, 6.07) is 23.9. The van der Waals surface area contributed by atoms with Gasteiger partial charge in [-0.1, -0.05) is 18.2 Å². The number of para-hydroxylation sites is 1. The van der Waals surface area contributed by atoms with Crippen LogP contribution in [0.25, 0.3) is 0 Å². The maximum absolute atomic E-state index is 11.0. The zero-order chi connectivity index (χ0) is 23.5. The molecule has 0 heterocycles. The zero-order valence-corrected chi connectivity index (χ0v) is 18.7. The van der Waals surface area contributed by atoms with Gasteiger partial charge in [-0.25, -0.2) is 0 Å². The first-order valence-corrected chi connectivity index (χ1v) is 10.6. The number of nitrogens with zero attached hydrogens (tertiary/aromatic N) is 1. The molecule has 0 saturated carbocycles. The van der Waals surface area contributed by atoms with Gasteiger partial charge in [-0.2, -0.15) is 0 Å². The Balaban J connectivity index is 1.51. The van der Waals surface area contributed by atoms with Crippen LogP contribution in [-0.4, -0.2) is 38.2 Å². The van der Waals surface area contributed by atoms with Crippen LogP contribution in [0, 0.1) is 0 Å². The molecule has 3 aromatic carbocycles. The van der Waals surface area contributed by atoms with Crippen molar-refractivity contribution >= 4 is 17.6 Å². The summed E-state index contributed by atoms with van der Waals surface area (Å²) in [5.74, 6) is 1.65. The molecule has 7 heteroatoms. The molecule has 3 aromatic rings. The molecule has 0 spiro atoms. The van der Waals surface area contributed by atoms with Gasteiger partial charge in [-0.05, 0) is 60.7 Å². The molecular formula is C26H27NO6. The number of anilines is 1. The number of hydrogen-bond donors (Lipinski definition) is 0. The molecular weight excluding hydrogens is 422 g/mol. The highest BCUT2D eigenvalue weighted by Gasteiger charge is 2.08. The monoisotopic (exact) mass is 449 g/mol. The van der Waals surface area contributed by atoms with Gasteiger partial charge in [0.1, 0.15) is 36.2 Å². The quantitative estimate of drug-likeness (QED) is 0.315. The van der Waals surface area contributed by atoms with Gasteiger partial charge in [0.05, 0.1) is 13.1 Å². The topological polar surface area (TPSA) is 74.3 Å². The van der Waals surface area contributed by atoms with Gasteiger partial charge in [0.25, 0.3) is 0 Å². The van der Waals surface area contributed by atoms with E-state index in [0.717, 1.165) is 5.69 Å². The molecule has 0 aliphatic carbocycles. The van der Waals surface area contributed by atoms with Crippen molar-refractivity contribution in [3.8, 4) is 23.0 Å². The highest BCUT2D eigenvalue weighted by Crippen LogP contribution is 2.20. The summed E-state index contributed by atoms with van der Waals surface area (Å²) >= 11 is 0. The van der Waals surface area contributed by atoms with Crippen molar-refractivity contribution in [3.63, 3.8) is 0 Å². The Hall–Kier alpha value is -4.00. The summed E-state index contributed by atoms with van der Waals surface area (Å²) < 4.78 is 21.8. The standard InChI is InChI=1S/C26H27NO6/c1-20(28)32-25-12-8-23(9-13-25)30-18-16-27(22-6-4-3-5-7-22)17-19-31-24-10-14-26(15-11-24)33-21(2)29/h3-15H,16-19H2,1-2H3. The second kappa shape index (κ2) is 12.1. The molecule has 0 saturated heterocycles. The summed E-state index contributed by atoms with van der Waals surface area (Å²) in [6.45, 7) is 4.99. The SMILES string of the molecule is CC(=O)Oc1ccc(OCCN(CCOc2ccc(OC(C)=O)cc2)c2ccccc2)cc1. The lowest BCUT2D eigenvalue weighted by atomic mass is 10.3. The van der Waals surface area contributed by atoms with E-state index in [1.807, 2.05) is 30.3 Å². The van der Waals surface area contributed by atoms with E-state index in [4.69, 9.17) is 18.9 Å². The third-order valence-corrected chi connectivity index (χ3v) is 4.55. The van der Waals surface area contributed by atoms with Crippen LogP contribution in [0.4, 0.5) is 5.69 Å². The van der Waals surface area contributed by atoms with Crippen molar-refractivity contribution < 1.29 is 28.5 Å². The highest BCUT2D eigenvalue weighted by molar-refractivity contribution is 5.69. The predicted molar refractivity (Wildman–Crippen MR) is 125 cm³/mol. The smallest absolute Gasteiger partial charge is 0.308 e. The van der Waals surface area contributed by atoms with Crippen LogP contribution in [0.5, 0.6) is 23.0 Å². The fourth-order valence-electron chi connectivity index (χ4n) is 3.10. The maximum Gasteiger partial charge on any atom is 0.308 e. The zero-order valence-electron chi connectivity index (χ0n) is 18.7. The van der Waals surface area contributed by atoms with E-state index in [1.165, 1.54) is 13.8 Å². The van der Waals surface area contributed by atoms with Crippen LogP contribution >= 0.6 is 0 Å². The van der Waals surface area contributed by atoms with Crippen molar-refractivity contribution in [1.82, 2.24) is 0 Å². The van der Waals surface area contributed by atoms with Crippen molar-refractivity contribution in [2.24, 2.45) is 0 Å². The molecule has 0 fully saturated rings. The summed E-state index contributed by atoms with van der Waals surface area (Å²) in [5.41, 5.74) is 1.07. The van der Waals surface area contributed by atoms with Crippen LogP contribution in [0.2, 0.25) is 0 Å². The molecule has 0 aromatic heterocycles. The Morgan fingerprint density at radius 3 is 1.39 bits per heavy atom. The number of hydrogen-bond acceptors (Lipinski definition) is 7. The van der Waals surface area contributed by atoms with Crippen molar-refractivity contribution in [2.75, 3.05) is 31.2 Å². The number of ether oxygens (including phenoxy) is 4. The molecule has 0 aliphatic heterocycles. The number of carbonyl (C=O) groups is 2. The minimum absolute atomic E-state index is 0.357. The van der Waals surface area contributed by atoms with Gasteiger partial charge >= 0.3 is 11.9 Å². The van der Waals surface area contributed by atoms with Crippen LogP contribution in [0.15, 0.2) is 78.9 Å². The molecule has 33 heavy (non-hydrogen) atoms. The fraction of sp³-hybridized carbons (Fsp3) is 0.231. The number of esters is 2. The highest BCUT2D eigenvalue weighted by atomic mass is 16.5. The molecule has 0 unspecified atom stereocenters. The lowest BCUT2D eigenvalue weighted by Crippen LogP contribution is -2.32. The molecule has 7 nitrogen and oxygen atoms in total. The summed E-state index contributed by atoms with van der Waals surface area (Å²) in [5, 5.41) is 0. The van der Waals surface area contributed by atoms with E-state index in [2.05, 4.69) is 4.90 Å². The normalized spacial score (nSPS) is 10.2. The first-order valence-electron chi connectivity index (χ1n) is 10.6. The predicted octanol–water partition coefficient (Wildman–Crippen LogP) is 4.50. The lowest BCUT2D eigenvalue weighted by molar-refractivity contribution is -0.132. The molecule has 0 N–H and O–H groups in total. The van der Waals surface area contributed by atoms with Crippen LogP contribution in [0.1, 0.15) is 13.8 Å². The second-order valence-electron chi connectivity index (χ2n) is 7.15. The summed E-state index contributed by atoms with van der Waals surface area (Å²) in [4.78, 5) is 24.2. The van der Waals surface area contributed by atoms with Crippen molar-refractivity contribution in [3.05, 3.63) is 78.9 Å². The van der Waals surface area contributed by atoms with E-state index in [9.17, 15) is 9.59 Å². The average molecular weight is 450 g/mol. The lowest BCUT2D eigenvalue weighted by Gasteiger charge is -2.25. The third kappa shape index (κ3) is 8.22. The minimum Gasteiger partial charge on any atom is -0.492 e. The summed E-state index contributed by atoms with van der Waals surface area (Å²) in [7, 11) is 0. The molecule has 0 aliphatic rings. The number of benzene rings is 3. The third-order valence-electron chi connectivity index (χ3n) is 4.55.